The zero-order valence-electron chi connectivity index (χ0n) is 30.4. The summed E-state index contributed by atoms with van der Waals surface area (Å²) in [6.45, 7) is 13.6. The van der Waals surface area contributed by atoms with Crippen LogP contribution in [0.5, 0.6) is 5.75 Å². The molecule has 4 aliphatic heterocycles. The maximum atomic E-state index is 15.2. The van der Waals surface area contributed by atoms with Crippen molar-refractivity contribution in [1.29, 1.82) is 0 Å². The van der Waals surface area contributed by atoms with Gasteiger partial charge in [0.25, 0.3) is 0 Å². The number of hydrogen-bond acceptors (Lipinski definition) is 9. The van der Waals surface area contributed by atoms with E-state index in [9.17, 15) is 19.5 Å². The first kappa shape index (κ1) is 36.5. The first-order valence-electron chi connectivity index (χ1n) is 18.7. The molecule has 1 aromatic heterocycles. The molecule has 280 valence electrons. The summed E-state index contributed by atoms with van der Waals surface area (Å²) in [4.78, 5) is 57.9. The van der Waals surface area contributed by atoms with Gasteiger partial charge in [0.1, 0.15) is 29.6 Å². The summed E-state index contributed by atoms with van der Waals surface area (Å²) >= 11 is 0. The maximum Gasteiger partial charge on any atom is 0.246 e. The number of pyridine rings is 1. The number of nitrogens with zero attached hydrogens (tertiary/aromatic N) is 8. The number of likely N-dealkylation sites (N-methyl/N-ethyl adjacent to an activating group) is 1. The van der Waals surface area contributed by atoms with E-state index in [0.29, 0.717) is 18.2 Å². The van der Waals surface area contributed by atoms with Crippen LogP contribution in [0.15, 0.2) is 79.4 Å². The Morgan fingerprint density at radius 2 is 1.77 bits per heavy atom. The van der Waals surface area contributed by atoms with Crippen LogP contribution >= 0.6 is 0 Å². The van der Waals surface area contributed by atoms with Crippen LogP contribution in [0, 0.1) is 5.82 Å². The number of aromatic hydroxyl groups is 1. The number of phenols is 1. The van der Waals surface area contributed by atoms with Crippen LogP contribution in [0.2, 0.25) is 0 Å². The lowest BCUT2D eigenvalue weighted by Gasteiger charge is -2.55. The van der Waals surface area contributed by atoms with Crippen LogP contribution in [0.4, 0.5) is 10.2 Å². The fraction of sp³-hybridized carbons (Fsp3) is 0.450. The van der Waals surface area contributed by atoms with E-state index in [-0.39, 0.29) is 68.1 Å². The minimum Gasteiger partial charge on any atom is -0.508 e. The van der Waals surface area contributed by atoms with Crippen molar-refractivity contribution < 1.29 is 23.9 Å². The summed E-state index contributed by atoms with van der Waals surface area (Å²) in [5, 5.41) is 13.2. The van der Waals surface area contributed by atoms with Gasteiger partial charge in [0, 0.05) is 70.8 Å². The van der Waals surface area contributed by atoms with E-state index in [0.717, 1.165) is 63.3 Å². The molecule has 13 heteroatoms. The normalized spacial score (nSPS) is 21.8. The van der Waals surface area contributed by atoms with E-state index in [1.54, 1.807) is 21.0 Å². The summed E-state index contributed by atoms with van der Waals surface area (Å²) in [6.07, 6.45) is 1.40. The average molecular weight is 725 g/mol. The zero-order chi connectivity index (χ0) is 37.1. The van der Waals surface area contributed by atoms with Crippen LogP contribution in [0.3, 0.4) is 0 Å². The van der Waals surface area contributed by atoms with Crippen molar-refractivity contribution in [2.24, 2.45) is 0 Å². The van der Waals surface area contributed by atoms with E-state index in [4.69, 9.17) is 4.98 Å². The van der Waals surface area contributed by atoms with Crippen LogP contribution in [0.1, 0.15) is 30.2 Å². The van der Waals surface area contributed by atoms with Gasteiger partial charge < -0.3 is 24.7 Å². The molecule has 0 spiro atoms. The quantitative estimate of drug-likeness (QED) is 0.283. The predicted molar refractivity (Wildman–Crippen MR) is 199 cm³/mol. The van der Waals surface area contributed by atoms with E-state index < -0.39 is 18.0 Å². The molecule has 4 fully saturated rings. The molecule has 0 radical (unpaired) electrons. The molecule has 2 aromatic carbocycles. The molecule has 1 unspecified atom stereocenters. The number of piperazine rings is 2. The molecule has 0 saturated carbocycles. The summed E-state index contributed by atoms with van der Waals surface area (Å²) in [5.74, 6) is -0.922. The van der Waals surface area contributed by atoms with Crippen molar-refractivity contribution >= 4 is 23.5 Å². The lowest BCUT2D eigenvalue weighted by Crippen LogP contribution is -2.76. The van der Waals surface area contributed by atoms with E-state index in [1.165, 1.54) is 17.0 Å². The number of hydrazine groups is 1. The maximum absolute atomic E-state index is 15.2. The molecule has 53 heavy (non-hydrogen) atoms. The van der Waals surface area contributed by atoms with Gasteiger partial charge in [-0.1, -0.05) is 55.5 Å². The van der Waals surface area contributed by atoms with Gasteiger partial charge in [0.05, 0.1) is 25.3 Å². The number of hydrogen-bond donors (Lipinski definition) is 1. The fourth-order valence-electron chi connectivity index (χ4n) is 8.07. The van der Waals surface area contributed by atoms with Gasteiger partial charge in [-0.25, -0.2) is 19.4 Å². The number of carbonyl (C=O) groups is 3. The molecule has 7 rings (SSSR count). The minimum absolute atomic E-state index is 0.0608. The van der Waals surface area contributed by atoms with E-state index in [1.807, 2.05) is 48.5 Å². The first-order valence-corrected chi connectivity index (χ1v) is 18.7. The Balaban J connectivity index is 1.14. The molecule has 4 aliphatic rings. The van der Waals surface area contributed by atoms with Crippen molar-refractivity contribution in [2.75, 3.05) is 70.3 Å². The Morgan fingerprint density at radius 3 is 2.49 bits per heavy atom. The van der Waals surface area contributed by atoms with E-state index >= 15 is 4.39 Å². The highest BCUT2D eigenvalue weighted by Crippen LogP contribution is 2.31. The first-order chi connectivity index (χ1) is 25.7. The van der Waals surface area contributed by atoms with Crippen molar-refractivity contribution in [1.82, 2.24) is 34.6 Å². The number of rotatable bonds is 12. The summed E-state index contributed by atoms with van der Waals surface area (Å²) in [7, 11) is 0. The highest BCUT2D eigenvalue weighted by molar-refractivity contribution is 5.92. The third-order valence-electron chi connectivity index (χ3n) is 11.0. The number of halogens is 1. The number of aryl methyl sites for hydroxylation is 1. The largest absolute Gasteiger partial charge is 0.508 e. The van der Waals surface area contributed by atoms with Gasteiger partial charge in [-0.3, -0.25) is 19.3 Å². The van der Waals surface area contributed by atoms with Gasteiger partial charge in [-0.05, 0) is 42.3 Å². The van der Waals surface area contributed by atoms with Gasteiger partial charge in [-0.2, -0.15) is 0 Å². The standard InChI is InChI=1S/C40H49FN8O4/c1-3-17-47-28-39(52)48-35(22-30-14-15-33(50)23-34(30)41)40(53)46(27-37(48)49(47)38(51)16-13-29-9-6-5-7-10-29)24-31-11-8-12-36(42-31)45-25-32(26-45)44-20-18-43(4-2)19-21-44/h3,5-12,14-15,23,32,35,37,50H,1,4,13,16-22,24-28H2,2H3/t35-,37?/m0/s1. The number of fused-ring (bicyclic) bond motifs is 1. The van der Waals surface area contributed by atoms with Gasteiger partial charge in [0.2, 0.25) is 17.7 Å². The summed E-state index contributed by atoms with van der Waals surface area (Å²) in [5.41, 5.74) is 1.89. The molecule has 1 N–H and O–H groups in total. The number of carbonyl (C=O) groups excluding carboxylic acids is 3. The predicted octanol–water partition coefficient (Wildman–Crippen LogP) is 2.74. The fourth-order valence-corrected chi connectivity index (χ4v) is 8.07. The third-order valence-corrected chi connectivity index (χ3v) is 11.0. The Hall–Kier alpha value is -4.85. The average Bonchev–Trinajstić information content (AvgIpc) is 3.14. The molecule has 2 atom stereocenters. The SMILES string of the molecule is C=CCN1CC(=O)N2C(CN(Cc3cccc(N4CC(N5CCN(CC)CC5)C4)n3)C(=O)[C@@H]2Cc2ccc(O)cc2F)N1C(=O)CCc1ccccc1. The lowest BCUT2D eigenvalue weighted by molar-refractivity contribution is -0.205. The Labute approximate surface area is 310 Å². The second-order valence-electron chi connectivity index (χ2n) is 14.4. The number of anilines is 1. The smallest absolute Gasteiger partial charge is 0.246 e. The molecular formula is C40H49FN8O4. The molecular weight excluding hydrogens is 675 g/mol. The third kappa shape index (κ3) is 7.92. The number of aromatic nitrogens is 1. The topological polar surface area (TPSA) is 107 Å². The number of benzene rings is 2. The van der Waals surface area contributed by atoms with Gasteiger partial charge in [-0.15, -0.1) is 6.58 Å². The van der Waals surface area contributed by atoms with Gasteiger partial charge >= 0.3 is 0 Å². The highest BCUT2D eigenvalue weighted by Gasteiger charge is 2.51. The highest BCUT2D eigenvalue weighted by atomic mass is 19.1. The molecule has 12 nitrogen and oxygen atoms in total. The van der Waals surface area contributed by atoms with Crippen LogP contribution < -0.4 is 4.90 Å². The Kier molecular flexibility index (Phi) is 11.0. The molecule has 5 heterocycles. The van der Waals surface area contributed by atoms with Crippen molar-refractivity contribution in [3.8, 4) is 5.75 Å². The minimum atomic E-state index is -1.08. The number of phenolic OH excluding ortho intramolecular Hbond substituents is 1. The lowest BCUT2D eigenvalue weighted by atomic mass is 9.97. The summed E-state index contributed by atoms with van der Waals surface area (Å²) < 4.78 is 15.2. The van der Waals surface area contributed by atoms with E-state index in [2.05, 4.69) is 28.2 Å². The van der Waals surface area contributed by atoms with Crippen molar-refractivity contribution in [2.45, 2.75) is 51.0 Å². The second kappa shape index (κ2) is 16.0. The molecule has 3 aromatic rings. The van der Waals surface area contributed by atoms with Crippen molar-refractivity contribution in [3.63, 3.8) is 0 Å². The zero-order valence-corrected chi connectivity index (χ0v) is 30.4. The van der Waals surface area contributed by atoms with Crippen molar-refractivity contribution in [3.05, 3.63) is 102 Å². The summed E-state index contributed by atoms with van der Waals surface area (Å²) in [6, 6.07) is 18.8. The van der Waals surface area contributed by atoms with Gasteiger partial charge in [0.15, 0.2) is 0 Å². The molecule has 0 bridgehead atoms. The molecule has 3 amide bonds. The Morgan fingerprint density at radius 1 is 1.00 bits per heavy atom. The monoisotopic (exact) mass is 724 g/mol. The van der Waals surface area contributed by atoms with Crippen LogP contribution in [0.25, 0.3) is 0 Å². The number of amides is 3. The van der Waals surface area contributed by atoms with Crippen LogP contribution in [-0.4, -0.2) is 141 Å². The van der Waals surface area contributed by atoms with Crippen LogP contribution in [-0.2, 0) is 33.8 Å². The second-order valence-corrected chi connectivity index (χ2v) is 14.4. The molecule has 0 aliphatic carbocycles. The molecule has 4 saturated heterocycles. The Bertz CT molecular complexity index is 1800.